The van der Waals surface area contributed by atoms with Gasteiger partial charge in [0.05, 0.1) is 22.6 Å². The first-order chi connectivity index (χ1) is 15.3. The van der Waals surface area contributed by atoms with E-state index >= 15 is 0 Å². The molecule has 0 N–H and O–H groups in total. The molecule has 10 nitrogen and oxygen atoms in total. The summed E-state index contributed by atoms with van der Waals surface area (Å²) in [6, 6.07) is 11.4. The van der Waals surface area contributed by atoms with Crippen molar-refractivity contribution in [3.8, 4) is 5.69 Å². The topological polar surface area (TPSA) is 135 Å². The van der Waals surface area contributed by atoms with Gasteiger partial charge in [-0.2, -0.15) is 9.83 Å². The van der Waals surface area contributed by atoms with Crippen LogP contribution in [0.15, 0.2) is 81.7 Å². The number of hydrogen-bond donors (Lipinski definition) is 0. The Kier molecular flexibility index (Phi) is 5.41. The number of sulfone groups is 1. The van der Waals surface area contributed by atoms with Crippen molar-refractivity contribution in [2.45, 2.75) is 16.7 Å². The molecule has 0 amide bonds. The first kappa shape index (κ1) is 21.1. The number of ether oxygens (including phenoxy) is 1. The van der Waals surface area contributed by atoms with Gasteiger partial charge in [0.2, 0.25) is 21.0 Å². The second-order valence-corrected chi connectivity index (χ2v) is 8.53. The van der Waals surface area contributed by atoms with Gasteiger partial charge in [-0.1, -0.05) is 6.07 Å². The van der Waals surface area contributed by atoms with Crippen molar-refractivity contribution in [1.29, 1.82) is 0 Å². The number of fused-ring (bicyclic) bond motifs is 1. The molecule has 0 saturated carbocycles. The lowest BCUT2D eigenvalue weighted by Crippen LogP contribution is -2.25. The minimum Gasteiger partial charge on any atom is -0.619 e. The summed E-state index contributed by atoms with van der Waals surface area (Å²) in [6.07, 6.45) is 3.57. The molecule has 0 saturated heterocycles. The number of nitrogens with zero attached hydrogens (tertiary/aromatic N) is 4. The Hall–Kier alpha value is -4.12. The lowest BCUT2D eigenvalue weighted by Gasteiger charge is -2.12. The van der Waals surface area contributed by atoms with Gasteiger partial charge in [0.15, 0.2) is 18.0 Å². The fourth-order valence-electron chi connectivity index (χ4n) is 3.09. The van der Waals surface area contributed by atoms with Gasteiger partial charge in [-0.25, -0.2) is 22.9 Å². The van der Waals surface area contributed by atoms with Crippen LogP contribution in [0.1, 0.15) is 17.4 Å². The fraction of sp³-hybridized carbons (Fsp3) is 0.0952. The van der Waals surface area contributed by atoms with E-state index in [4.69, 9.17) is 4.74 Å². The Labute approximate surface area is 181 Å². The summed E-state index contributed by atoms with van der Waals surface area (Å²) in [6.45, 7) is 1.65. The second-order valence-electron chi connectivity index (χ2n) is 6.58. The summed E-state index contributed by atoms with van der Waals surface area (Å²) in [5.41, 5.74) is -0.713. The van der Waals surface area contributed by atoms with E-state index in [-0.39, 0.29) is 33.1 Å². The van der Waals surface area contributed by atoms with Crippen LogP contribution >= 0.6 is 0 Å². The largest absolute Gasteiger partial charge is 0.619 e. The highest BCUT2D eigenvalue weighted by Gasteiger charge is 2.23. The van der Waals surface area contributed by atoms with Crippen molar-refractivity contribution < 1.29 is 22.7 Å². The number of benzene rings is 1. The first-order valence-electron chi connectivity index (χ1n) is 9.42. The van der Waals surface area contributed by atoms with Crippen LogP contribution in [-0.2, 0) is 14.6 Å². The predicted octanol–water partition coefficient (Wildman–Crippen LogP) is 1.42. The van der Waals surface area contributed by atoms with E-state index in [1.165, 1.54) is 59.5 Å². The smallest absolute Gasteiger partial charge is 0.362 e. The summed E-state index contributed by atoms with van der Waals surface area (Å²) in [4.78, 5) is 28.9. The van der Waals surface area contributed by atoms with Crippen molar-refractivity contribution in [2.24, 2.45) is 0 Å². The molecule has 0 unspecified atom stereocenters. The van der Waals surface area contributed by atoms with Gasteiger partial charge in [-0.3, -0.25) is 4.79 Å². The highest BCUT2D eigenvalue weighted by atomic mass is 32.2. The number of hydrogen-bond acceptors (Lipinski definition) is 8. The Morgan fingerprint density at radius 3 is 2.69 bits per heavy atom. The predicted molar refractivity (Wildman–Crippen MR) is 112 cm³/mol. The highest BCUT2D eigenvalue weighted by Crippen LogP contribution is 2.23. The quantitative estimate of drug-likeness (QED) is 0.252. The van der Waals surface area contributed by atoms with Crippen LogP contribution in [0.2, 0.25) is 0 Å². The van der Waals surface area contributed by atoms with Crippen molar-refractivity contribution in [1.82, 2.24) is 14.8 Å². The van der Waals surface area contributed by atoms with Gasteiger partial charge in [-0.15, -0.1) is 0 Å². The maximum Gasteiger partial charge on any atom is 0.362 e. The van der Waals surface area contributed by atoms with Gasteiger partial charge in [-0.05, 0) is 43.3 Å². The number of aromatic nitrogens is 4. The Morgan fingerprint density at radius 2 is 1.94 bits per heavy atom. The standard InChI is InChI=1S/C21H16N4O6S/c1-2-31-21(27)18-19(26)17-9-4-10-22-20(17)25(23-18)14-6-3-7-15(12-14)32(29,30)16-8-5-11-24(28)13-16/h3-13H,2H2,1H3. The van der Waals surface area contributed by atoms with Gasteiger partial charge < -0.3 is 9.94 Å². The summed E-state index contributed by atoms with van der Waals surface area (Å²) < 4.78 is 32.6. The fourth-order valence-corrected chi connectivity index (χ4v) is 4.39. The van der Waals surface area contributed by atoms with E-state index in [2.05, 4.69) is 10.1 Å². The van der Waals surface area contributed by atoms with Gasteiger partial charge >= 0.3 is 5.97 Å². The number of pyridine rings is 2. The molecule has 3 aromatic heterocycles. The SMILES string of the molecule is CCOC(=O)c1nn(-c2cccc(S(=O)(=O)c3ccc[n+]([O-])c3)c2)c2ncccc2c1=O. The summed E-state index contributed by atoms with van der Waals surface area (Å²) in [5.74, 6) is -0.898. The third kappa shape index (κ3) is 3.69. The molecule has 1 aromatic carbocycles. The van der Waals surface area contributed by atoms with Crippen LogP contribution in [0.4, 0.5) is 0 Å². The van der Waals surface area contributed by atoms with Gasteiger partial charge in [0.25, 0.3) is 0 Å². The van der Waals surface area contributed by atoms with E-state index in [0.717, 1.165) is 6.20 Å². The lowest BCUT2D eigenvalue weighted by atomic mass is 10.2. The van der Waals surface area contributed by atoms with E-state index in [9.17, 15) is 23.2 Å². The van der Waals surface area contributed by atoms with Crippen LogP contribution in [-0.4, -0.2) is 35.8 Å². The van der Waals surface area contributed by atoms with E-state index < -0.39 is 26.9 Å². The van der Waals surface area contributed by atoms with Crippen LogP contribution in [0.5, 0.6) is 0 Å². The lowest BCUT2D eigenvalue weighted by molar-refractivity contribution is -0.607. The molecule has 0 aliphatic heterocycles. The highest BCUT2D eigenvalue weighted by molar-refractivity contribution is 7.91. The molecule has 0 aliphatic carbocycles. The normalized spacial score (nSPS) is 11.4. The maximum atomic E-state index is 13.0. The molecule has 162 valence electrons. The monoisotopic (exact) mass is 452 g/mol. The third-order valence-electron chi connectivity index (χ3n) is 4.55. The molecule has 0 spiro atoms. The summed E-state index contributed by atoms with van der Waals surface area (Å²) >= 11 is 0. The molecule has 4 rings (SSSR count). The van der Waals surface area contributed by atoms with Crippen LogP contribution < -0.4 is 10.2 Å². The van der Waals surface area contributed by atoms with Crippen LogP contribution in [0, 0.1) is 5.21 Å². The average Bonchev–Trinajstić information content (AvgIpc) is 2.80. The molecular formula is C21H16N4O6S. The summed E-state index contributed by atoms with van der Waals surface area (Å²) in [7, 11) is -4.02. The van der Waals surface area contributed by atoms with Crippen LogP contribution in [0.25, 0.3) is 16.7 Å². The number of carbonyl (C=O) groups is 1. The van der Waals surface area contributed by atoms with Crippen molar-refractivity contribution in [3.05, 3.63) is 88.2 Å². The van der Waals surface area contributed by atoms with Crippen LogP contribution in [0.3, 0.4) is 0 Å². The van der Waals surface area contributed by atoms with Gasteiger partial charge in [0.1, 0.15) is 4.90 Å². The number of rotatable bonds is 5. The molecule has 0 atom stereocenters. The van der Waals surface area contributed by atoms with Gasteiger partial charge in [0, 0.05) is 12.3 Å². The molecule has 3 heterocycles. The Morgan fingerprint density at radius 1 is 1.16 bits per heavy atom. The zero-order valence-corrected chi connectivity index (χ0v) is 17.5. The molecule has 11 heteroatoms. The molecule has 0 aliphatic rings. The zero-order valence-electron chi connectivity index (χ0n) is 16.7. The minimum atomic E-state index is -4.02. The number of carbonyl (C=O) groups excluding carboxylic acids is 1. The Balaban J connectivity index is 1.94. The number of esters is 1. The van der Waals surface area contributed by atoms with E-state index in [1.54, 1.807) is 13.0 Å². The first-order valence-corrected chi connectivity index (χ1v) is 10.9. The molecular weight excluding hydrogens is 436 g/mol. The summed E-state index contributed by atoms with van der Waals surface area (Å²) in [5, 5.41) is 15.8. The van der Waals surface area contributed by atoms with Crippen molar-refractivity contribution in [3.63, 3.8) is 0 Å². The molecule has 0 bridgehead atoms. The maximum absolute atomic E-state index is 13.0. The average molecular weight is 452 g/mol. The van der Waals surface area contributed by atoms with E-state index in [1.807, 2.05) is 0 Å². The Bertz CT molecular complexity index is 1510. The van der Waals surface area contributed by atoms with Crippen molar-refractivity contribution >= 4 is 26.8 Å². The second kappa shape index (κ2) is 8.19. The molecule has 4 aromatic rings. The zero-order chi connectivity index (χ0) is 22.9. The van der Waals surface area contributed by atoms with E-state index in [0.29, 0.717) is 4.73 Å². The molecule has 0 radical (unpaired) electrons. The third-order valence-corrected chi connectivity index (χ3v) is 6.28. The molecule has 0 fully saturated rings. The van der Waals surface area contributed by atoms with Crippen molar-refractivity contribution in [2.75, 3.05) is 6.61 Å². The minimum absolute atomic E-state index is 0.0511. The molecule has 32 heavy (non-hydrogen) atoms.